The Kier molecular flexibility index (Phi) is 5.56. The number of amides is 3. The van der Waals surface area contributed by atoms with Crippen LogP contribution in [-0.2, 0) is 9.59 Å². The molecule has 0 aliphatic heterocycles. The molecule has 0 saturated carbocycles. The molecule has 8 heteroatoms. The van der Waals surface area contributed by atoms with E-state index in [0.717, 1.165) is 10.3 Å². The van der Waals surface area contributed by atoms with Crippen molar-refractivity contribution in [2.75, 3.05) is 0 Å². The maximum atomic E-state index is 12.3. The number of aryl methyl sites for hydroxylation is 1. The van der Waals surface area contributed by atoms with Crippen LogP contribution in [0.3, 0.4) is 0 Å². The predicted molar refractivity (Wildman–Crippen MR) is 102 cm³/mol. The molecule has 7 nitrogen and oxygen atoms in total. The number of carbonyl (C=O) groups excluding carboxylic acids is 3. The van der Waals surface area contributed by atoms with E-state index in [2.05, 4.69) is 16.2 Å². The van der Waals surface area contributed by atoms with Crippen LogP contribution < -0.4 is 16.2 Å². The normalized spacial score (nSPS) is 11.8. The second kappa shape index (κ2) is 8.05. The van der Waals surface area contributed by atoms with E-state index in [0.29, 0.717) is 11.1 Å². The second-order valence-corrected chi connectivity index (χ2v) is 7.01. The van der Waals surface area contributed by atoms with E-state index >= 15 is 0 Å². The second-order valence-electron chi connectivity index (χ2n) is 6.03. The molecule has 0 fully saturated rings. The Morgan fingerprint density at radius 1 is 1.11 bits per heavy atom. The average molecular weight is 385 g/mol. The Morgan fingerprint density at radius 3 is 2.56 bits per heavy atom. The molecule has 2 heterocycles. The average Bonchev–Trinajstić information content (AvgIpc) is 3.28. The number of hydrogen-bond acceptors (Lipinski definition) is 5. The summed E-state index contributed by atoms with van der Waals surface area (Å²) >= 11 is 1.44. The van der Waals surface area contributed by atoms with Crippen molar-refractivity contribution >= 4 is 40.0 Å². The Balaban J connectivity index is 1.63. The minimum atomic E-state index is -0.538. The molecular weight excluding hydrogens is 366 g/mol. The number of hydrogen-bond donors (Lipinski definition) is 3. The summed E-state index contributed by atoms with van der Waals surface area (Å²) in [5.74, 6) is -1.05. The highest BCUT2D eigenvalue weighted by atomic mass is 32.1. The van der Waals surface area contributed by atoms with Gasteiger partial charge >= 0.3 is 5.91 Å². The smallest absolute Gasteiger partial charge is 0.305 e. The first-order valence-corrected chi connectivity index (χ1v) is 9.21. The number of nitrogens with one attached hydrogen (secondary N) is 3. The molecule has 0 aliphatic carbocycles. The maximum Gasteiger partial charge on any atom is 0.305 e. The van der Waals surface area contributed by atoms with Gasteiger partial charge in [0.25, 0.3) is 0 Å². The standard InChI is InChI=1S/C19H19N3O4S/c1-11-13-6-3-4-7-15(13)26-18(11)19(25)22-21-17(24)10-14(20-12(2)23)16-8-5-9-27-16/h3-9,14H,10H2,1-2H3,(H,20,23)(H,21,24)(H,22,25). The summed E-state index contributed by atoms with van der Waals surface area (Å²) in [6.45, 7) is 3.18. The van der Waals surface area contributed by atoms with Gasteiger partial charge in [0.2, 0.25) is 11.8 Å². The molecule has 3 amide bonds. The summed E-state index contributed by atoms with van der Waals surface area (Å²) in [5.41, 5.74) is 6.04. The van der Waals surface area contributed by atoms with Gasteiger partial charge in [0.1, 0.15) is 5.58 Å². The number of fused-ring (bicyclic) bond motifs is 1. The minimum Gasteiger partial charge on any atom is -0.451 e. The van der Waals surface area contributed by atoms with Gasteiger partial charge in [-0.15, -0.1) is 11.3 Å². The van der Waals surface area contributed by atoms with Crippen LogP contribution in [-0.4, -0.2) is 17.7 Å². The first-order chi connectivity index (χ1) is 13.0. The number of benzene rings is 1. The van der Waals surface area contributed by atoms with Gasteiger partial charge in [-0.2, -0.15) is 0 Å². The van der Waals surface area contributed by atoms with Gasteiger partial charge in [-0.3, -0.25) is 25.2 Å². The number of thiophene rings is 1. The van der Waals surface area contributed by atoms with Crippen molar-refractivity contribution in [2.45, 2.75) is 26.3 Å². The van der Waals surface area contributed by atoms with Crippen molar-refractivity contribution in [2.24, 2.45) is 0 Å². The largest absolute Gasteiger partial charge is 0.451 e. The first-order valence-electron chi connectivity index (χ1n) is 8.33. The van der Waals surface area contributed by atoms with Crippen LogP contribution in [0.4, 0.5) is 0 Å². The summed E-state index contributed by atoms with van der Waals surface area (Å²) in [5, 5.41) is 5.45. The van der Waals surface area contributed by atoms with Crippen LogP contribution in [0.15, 0.2) is 46.2 Å². The topological polar surface area (TPSA) is 100 Å². The molecule has 0 spiro atoms. The lowest BCUT2D eigenvalue weighted by Crippen LogP contribution is -2.43. The van der Waals surface area contributed by atoms with Crippen molar-refractivity contribution in [3.8, 4) is 0 Å². The molecule has 1 atom stereocenters. The lowest BCUT2D eigenvalue weighted by Gasteiger charge is -2.16. The summed E-state index contributed by atoms with van der Waals surface area (Å²) < 4.78 is 5.57. The van der Waals surface area contributed by atoms with Crippen LogP contribution in [0.5, 0.6) is 0 Å². The highest BCUT2D eigenvalue weighted by Crippen LogP contribution is 2.25. The zero-order chi connectivity index (χ0) is 19.4. The molecule has 140 valence electrons. The molecule has 3 aromatic rings. The van der Waals surface area contributed by atoms with Gasteiger partial charge in [0.05, 0.1) is 12.5 Å². The van der Waals surface area contributed by atoms with E-state index in [1.54, 1.807) is 13.0 Å². The van der Waals surface area contributed by atoms with Crippen LogP contribution >= 0.6 is 11.3 Å². The zero-order valence-electron chi connectivity index (χ0n) is 14.9. The summed E-state index contributed by atoms with van der Waals surface area (Å²) in [7, 11) is 0. The molecule has 27 heavy (non-hydrogen) atoms. The minimum absolute atomic E-state index is 0.000510. The number of carbonyl (C=O) groups is 3. The molecule has 1 aromatic carbocycles. The first kappa shape index (κ1) is 18.7. The molecule has 0 radical (unpaired) electrons. The van der Waals surface area contributed by atoms with Crippen molar-refractivity contribution in [3.05, 3.63) is 58.0 Å². The number of para-hydroxylation sites is 1. The molecule has 2 aromatic heterocycles. The van der Waals surface area contributed by atoms with E-state index in [4.69, 9.17) is 4.42 Å². The highest BCUT2D eigenvalue weighted by molar-refractivity contribution is 7.10. The fourth-order valence-electron chi connectivity index (χ4n) is 2.77. The van der Waals surface area contributed by atoms with Gasteiger partial charge in [0, 0.05) is 22.8 Å². The summed E-state index contributed by atoms with van der Waals surface area (Å²) in [6, 6.07) is 10.6. The van der Waals surface area contributed by atoms with E-state index in [1.807, 2.05) is 35.7 Å². The Bertz CT molecular complexity index is 978. The highest BCUT2D eigenvalue weighted by Gasteiger charge is 2.20. The number of rotatable bonds is 5. The SMILES string of the molecule is CC(=O)NC(CC(=O)NNC(=O)c1oc2ccccc2c1C)c1cccs1. The lowest BCUT2D eigenvalue weighted by molar-refractivity contribution is -0.123. The van der Waals surface area contributed by atoms with E-state index in [-0.39, 0.29) is 18.1 Å². The van der Waals surface area contributed by atoms with Crippen LogP contribution in [0.2, 0.25) is 0 Å². The Morgan fingerprint density at radius 2 is 1.89 bits per heavy atom. The van der Waals surface area contributed by atoms with Crippen molar-refractivity contribution in [1.29, 1.82) is 0 Å². The molecule has 3 N–H and O–H groups in total. The zero-order valence-corrected chi connectivity index (χ0v) is 15.7. The maximum absolute atomic E-state index is 12.3. The molecule has 1 unspecified atom stereocenters. The summed E-state index contributed by atoms with van der Waals surface area (Å²) in [4.78, 5) is 36.8. The van der Waals surface area contributed by atoms with E-state index < -0.39 is 17.9 Å². The van der Waals surface area contributed by atoms with E-state index in [1.165, 1.54) is 18.3 Å². The van der Waals surface area contributed by atoms with Gasteiger partial charge in [0.15, 0.2) is 5.76 Å². The number of hydrazine groups is 1. The predicted octanol–water partition coefficient (Wildman–Crippen LogP) is 2.83. The van der Waals surface area contributed by atoms with Crippen molar-refractivity contribution in [3.63, 3.8) is 0 Å². The summed E-state index contributed by atoms with van der Waals surface area (Å²) in [6.07, 6.45) is -0.000510. The third-order valence-corrected chi connectivity index (χ3v) is 5.00. The number of furan rings is 1. The molecule has 0 saturated heterocycles. The van der Waals surface area contributed by atoms with Crippen LogP contribution in [0, 0.1) is 6.92 Å². The molecular formula is C19H19N3O4S. The fraction of sp³-hybridized carbons (Fsp3) is 0.211. The van der Waals surface area contributed by atoms with Gasteiger partial charge < -0.3 is 9.73 Å². The Labute approximate surface area is 159 Å². The van der Waals surface area contributed by atoms with Crippen molar-refractivity contribution < 1.29 is 18.8 Å². The van der Waals surface area contributed by atoms with E-state index in [9.17, 15) is 14.4 Å². The monoisotopic (exact) mass is 385 g/mol. The van der Waals surface area contributed by atoms with Gasteiger partial charge in [-0.1, -0.05) is 24.3 Å². The van der Waals surface area contributed by atoms with Crippen molar-refractivity contribution in [1.82, 2.24) is 16.2 Å². The third kappa shape index (κ3) is 4.35. The van der Waals surface area contributed by atoms with Crippen LogP contribution in [0.1, 0.15) is 40.4 Å². The van der Waals surface area contributed by atoms with Gasteiger partial charge in [-0.05, 0) is 24.4 Å². The quantitative estimate of drug-likeness (QED) is 0.588. The third-order valence-electron chi connectivity index (χ3n) is 4.02. The van der Waals surface area contributed by atoms with Gasteiger partial charge in [-0.25, -0.2) is 0 Å². The molecule has 0 aliphatic rings. The van der Waals surface area contributed by atoms with Crippen LogP contribution in [0.25, 0.3) is 11.0 Å². The molecule has 3 rings (SSSR count). The lowest BCUT2D eigenvalue weighted by atomic mass is 10.1. The Hall–Kier alpha value is -3.13. The fourth-order valence-corrected chi connectivity index (χ4v) is 3.55. The molecule has 0 bridgehead atoms.